The Bertz CT molecular complexity index is 455. The zero-order valence-electron chi connectivity index (χ0n) is 9.70. The van der Waals surface area contributed by atoms with Crippen molar-refractivity contribution in [1.29, 1.82) is 0 Å². The van der Waals surface area contributed by atoms with Crippen molar-refractivity contribution in [2.45, 2.75) is 33.7 Å². The van der Waals surface area contributed by atoms with E-state index in [2.05, 4.69) is 54.9 Å². The highest BCUT2D eigenvalue weighted by atomic mass is 15.3. The summed E-state index contributed by atoms with van der Waals surface area (Å²) in [6.45, 7) is 7.62. The molecule has 0 saturated carbocycles. The molecule has 15 heavy (non-hydrogen) atoms. The number of benzene rings is 1. The molecule has 1 aromatic carbocycles. The lowest BCUT2D eigenvalue weighted by Gasteiger charge is -2.02. The molecule has 80 valence electrons. The first-order chi connectivity index (χ1) is 7.20. The van der Waals surface area contributed by atoms with Crippen molar-refractivity contribution in [3.63, 3.8) is 0 Å². The molecular formula is C13H18N2. The van der Waals surface area contributed by atoms with Crippen molar-refractivity contribution in [2.24, 2.45) is 5.92 Å². The van der Waals surface area contributed by atoms with Gasteiger partial charge in [-0.3, -0.25) is 4.68 Å². The fourth-order valence-corrected chi connectivity index (χ4v) is 1.93. The second-order valence-electron chi connectivity index (χ2n) is 4.45. The Hall–Kier alpha value is -1.31. The molecule has 2 nitrogen and oxygen atoms in total. The summed E-state index contributed by atoms with van der Waals surface area (Å²) in [4.78, 5) is 0. The molecule has 0 bridgehead atoms. The minimum atomic E-state index is 0.643. The SMILES string of the molecule is CCc1cccc2nn(CC(C)C)cc12. The largest absolute Gasteiger partial charge is 0.271 e. The third-order valence-electron chi connectivity index (χ3n) is 2.62. The van der Waals surface area contributed by atoms with E-state index in [4.69, 9.17) is 0 Å². The van der Waals surface area contributed by atoms with Crippen LogP contribution in [0.25, 0.3) is 10.9 Å². The van der Waals surface area contributed by atoms with Crippen LogP contribution in [0.2, 0.25) is 0 Å². The fraction of sp³-hybridized carbons (Fsp3) is 0.462. The minimum Gasteiger partial charge on any atom is -0.271 e. The van der Waals surface area contributed by atoms with E-state index in [1.165, 1.54) is 10.9 Å². The van der Waals surface area contributed by atoms with Gasteiger partial charge in [-0.2, -0.15) is 5.10 Å². The van der Waals surface area contributed by atoms with Crippen molar-refractivity contribution in [3.8, 4) is 0 Å². The lowest BCUT2D eigenvalue weighted by atomic mass is 10.1. The second-order valence-corrected chi connectivity index (χ2v) is 4.45. The van der Waals surface area contributed by atoms with Crippen molar-refractivity contribution in [3.05, 3.63) is 30.0 Å². The van der Waals surface area contributed by atoms with E-state index in [-0.39, 0.29) is 0 Å². The molecule has 2 heteroatoms. The Labute approximate surface area is 90.9 Å². The molecule has 0 atom stereocenters. The Balaban J connectivity index is 2.45. The van der Waals surface area contributed by atoms with E-state index in [9.17, 15) is 0 Å². The summed E-state index contributed by atoms with van der Waals surface area (Å²) < 4.78 is 2.06. The lowest BCUT2D eigenvalue weighted by molar-refractivity contribution is 0.486. The molecule has 0 unspecified atom stereocenters. The molecule has 2 aromatic rings. The van der Waals surface area contributed by atoms with Crippen LogP contribution in [0.3, 0.4) is 0 Å². The summed E-state index contributed by atoms with van der Waals surface area (Å²) >= 11 is 0. The summed E-state index contributed by atoms with van der Waals surface area (Å²) in [5.41, 5.74) is 2.51. The number of aryl methyl sites for hydroxylation is 1. The number of nitrogens with zero attached hydrogens (tertiary/aromatic N) is 2. The Morgan fingerprint density at radius 3 is 2.80 bits per heavy atom. The van der Waals surface area contributed by atoms with Gasteiger partial charge in [0.25, 0.3) is 0 Å². The Kier molecular flexibility index (Phi) is 2.76. The van der Waals surface area contributed by atoms with Crippen LogP contribution in [0.5, 0.6) is 0 Å². The van der Waals surface area contributed by atoms with E-state index in [1.807, 2.05) is 0 Å². The van der Waals surface area contributed by atoms with Gasteiger partial charge in [0.1, 0.15) is 0 Å². The molecule has 0 aliphatic carbocycles. The van der Waals surface area contributed by atoms with Gasteiger partial charge >= 0.3 is 0 Å². The van der Waals surface area contributed by atoms with E-state index < -0.39 is 0 Å². The van der Waals surface area contributed by atoms with Gasteiger partial charge in [0.05, 0.1) is 5.52 Å². The van der Waals surface area contributed by atoms with E-state index in [0.29, 0.717) is 5.92 Å². The van der Waals surface area contributed by atoms with E-state index >= 15 is 0 Å². The number of hydrogen-bond donors (Lipinski definition) is 0. The van der Waals surface area contributed by atoms with Gasteiger partial charge in [-0.15, -0.1) is 0 Å². The van der Waals surface area contributed by atoms with Gasteiger partial charge < -0.3 is 0 Å². The van der Waals surface area contributed by atoms with Crippen LogP contribution in [0.15, 0.2) is 24.4 Å². The first-order valence-corrected chi connectivity index (χ1v) is 5.65. The average molecular weight is 202 g/mol. The number of aromatic nitrogens is 2. The molecule has 1 aromatic heterocycles. The number of hydrogen-bond acceptors (Lipinski definition) is 1. The van der Waals surface area contributed by atoms with E-state index in [1.54, 1.807) is 0 Å². The molecule has 0 saturated heterocycles. The van der Waals surface area contributed by atoms with Crippen LogP contribution >= 0.6 is 0 Å². The third kappa shape index (κ3) is 2.04. The first kappa shape index (κ1) is 10.2. The highest BCUT2D eigenvalue weighted by molar-refractivity contribution is 5.81. The third-order valence-corrected chi connectivity index (χ3v) is 2.62. The molecule has 0 radical (unpaired) electrons. The van der Waals surface area contributed by atoms with Crippen LogP contribution in [0.4, 0.5) is 0 Å². The van der Waals surface area contributed by atoms with Crippen molar-refractivity contribution < 1.29 is 0 Å². The molecule has 0 spiro atoms. The van der Waals surface area contributed by atoms with Gasteiger partial charge in [0.2, 0.25) is 0 Å². The van der Waals surface area contributed by atoms with Crippen molar-refractivity contribution >= 4 is 10.9 Å². The topological polar surface area (TPSA) is 17.8 Å². The van der Waals surface area contributed by atoms with Gasteiger partial charge in [0.15, 0.2) is 0 Å². The molecule has 0 amide bonds. The Morgan fingerprint density at radius 2 is 2.13 bits per heavy atom. The maximum atomic E-state index is 4.58. The minimum absolute atomic E-state index is 0.643. The number of fused-ring (bicyclic) bond motifs is 1. The molecule has 0 fully saturated rings. The van der Waals surface area contributed by atoms with Crippen LogP contribution in [-0.4, -0.2) is 9.78 Å². The predicted molar refractivity (Wildman–Crippen MR) is 63.9 cm³/mol. The normalized spacial score (nSPS) is 11.5. The highest BCUT2D eigenvalue weighted by Crippen LogP contribution is 2.18. The second kappa shape index (κ2) is 4.05. The lowest BCUT2D eigenvalue weighted by Crippen LogP contribution is -2.04. The highest BCUT2D eigenvalue weighted by Gasteiger charge is 2.04. The molecule has 2 rings (SSSR count). The maximum absolute atomic E-state index is 4.58. The molecular weight excluding hydrogens is 184 g/mol. The molecule has 0 aliphatic rings. The van der Waals surface area contributed by atoms with Gasteiger partial charge in [-0.1, -0.05) is 32.9 Å². The number of rotatable bonds is 3. The van der Waals surface area contributed by atoms with Gasteiger partial charge in [-0.25, -0.2) is 0 Å². The summed E-state index contributed by atoms with van der Waals surface area (Å²) in [5, 5.41) is 5.88. The van der Waals surface area contributed by atoms with Crippen LogP contribution in [-0.2, 0) is 13.0 Å². The quantitative estimate of drug-likeness (QED) is 0.747. The van der Waals surface area contributed by atoms with Crippen molar-refractivity contribution in [1.82, 2.24) is 9.78 Å². The summed E-state index contributed by atoms with van der Waals surface area (Å²) in [5.74, 6) is 0.643. The predicted octanol–water partition coefficient (Wildman–Crippen LogP) is 3.25. The standard InChI is InChI=1S/C13H18N2/c1-4-11-6-5-7-13-12(11)9-15(14-13)8-10(2)3/h5-7,9-10H,4,8H2,1-3H3. The van der Waals surface area contributed by atoms with Gasteiger partial charge in [0, 0.05) is 18.1 Å². The zero-order valence-corrected chi connectivity index (χ0v) is 9.70. The van der Waals surface area contributed by atoms with E-state index in [0.717, 1.165) is 18.5 Å². The molecule has 1 heterocycles. The summed E-state index contributed by atoms with van der Waals surface area (Å²) in [6.07, 6.45) is 3.25. The monoisotopic (exact) mass is 202 g/mol. The molecule has 0 aliphatic heterocycles. The van der Waals surface area contributed by atoms with Crippen molar-refractivity contribution in [2.75, 3.05) is 0 Å². The van der Waals surface area contributed by atoms with Crippen LogP contribution < -0.4 is 0 Å². The smallest absolute Gasteiger partial charge is 0.0926 e. The summed E-state index contributed by atoms with van der Waals surface area (Å²) in [7, 11) is 0. The maximum Gasteiger partial charge on any atom is 0.0926 e. The summed E-state index contributed by atoms with van der Waals surface area (Å²) in [6, 6.07) is 6.36. The van der Waals surface area contributed by atoms with Gasteiger partial charge in [-0.05, 0) is 24.0 Å². The Morgan fingerprint density at radius 1 is 1.33 bits per heavy atom. The fourth-order valence-electron chi connectivity index (χ4n) is 1.93. The molecule has 0 N–H and O–H groups in total. The zero-order chi connectivity index (χ0) is 10.8. The average Bonchev–Trinajstić information content (AvgIpc) is 2.58. The van der Waals surface area contributed by atoms with Crippen LogP contribution in [0.1, 0.15) is 26.3 Å². The van der Waals surface area contributed by atoms with Crippen LogP contribution in [0, 0.1) is 5.92 Å². The first-order valence-electron chi connectivity index (χ1n) is 5.65.